The maximum Gasteiger partial charge on any atom is 0.425 e. The molecule has 0 aliphatic rings. The third kappa shape index (κ3) is 12.5. The SMILES string of the molecule is COC(=O)c1ccc(Oc2cc(N(C(=O)OC(C)(C)C)C(=O)OC(C)(C)C)nc(C)n2)cc1.COC(=O)c1ccc(Oc2cc(N)nc(C)n2)cc1. The Kier molecular flexibility index (Phi) is 13.2. The number of methoxy groups -OCH3 is 2. The monoisotopic (exact) mass is 718 g/mol. The summed E-state index contributed by atoms with van der Waals surface area (Å²) in [5.74, 6) is 1.50. The van der Waals surface area contributed by atoms with Gasteiger partial charge in [-0.3, -0.25) is 0 Å². The standard InChI is InChI=1S/C23H29N3O7.C13H13N3O3/c1-14-24-17(26(20(28)32-22(2,3)4)21(29)33-23(5,6)7)13-18(25-14)31-16-11-9-15(10-12-16)19(27)30-8;1-8-15-11(14)7-12(16-8)19-10-5-3-9(4-6-10)13(17)18-2/h9-13H,1-8H3;3-7H,1-2H3,(H2,14,15,16). The van der Waals surface area contributed by atoms with Crippen LogP contribution in [0.15, 0.2) is 60.7 Å². The normalized spacial score (nSPS) is 10.9. The van der Waals surface area contributed by atoms with Gasteiger partial charge in [0.15, 0.2) is 5.82 Å². The van der Waals surface area contributed by atoms with Crippen LogP contribution in [0.25, 0.3) is 0 Å². The Labute approximate surface area is 301 Å². The topological polar surface area (TPSA) is 204 Å². The average Bonchev–Trinajstić information content (AvgIpc) is 3.02. The van der Waals surface area contributed by atoms with Crippen LogP contribution in [0.1, 0.15) is 73.9 Å². The molecule has 2 N–H and O–H groups in total. The van der Waals surface area contributed by atoms with Crippen LogP contribution in [0.3, 0.4) is 0 Å². The van der Waals surface area contributed by atoms with Crippen LogP contribution in [-0.2, 0) is 18.9 Å². The number of ether oxygens (including phenoxy) is 6. The summed E-state index contributed by atoms with van der Waals surface area (Å²) in [6.07, 6.45) is -1.91. The number of esters is 2. The second-order valence-corrected chi connectivity index (χ2v) is 12.8. The smallest absolute Gasteiger partial charge is 0.425 e. The zero-order valence-corrected chi connectivity index (χ0v) is 30.7. The van der Waals surface area contributed by atoms with Crippen LogP contribution >= 0.6 is 0 Å². The number of nitrogen functional groups attached to an aromatic ring is 1. The highest BCUT2D eigenvalue weighted by atomic mass is 16.6. The molecule has 276 valence electrons. The first-order valence-electron chi connectivity index (χ1n) is 15.7. The molecule has 52 heavy (non-hydrogen) atoms. The average molecular weight is 719 g/mol. The molecule has 0 unspecified atom stereocenters. The molecule has 4 rings (SSSR count). The van der Waals surface area contributed by atoms with Gasteiger partial charge >= 0.3 is 24.1 Å². The van der Waals surface area contributed by atoms with Gasteiger partial charge in [-0.2, -0.15) is 14.9 Å². The summed E-state index contributed by atoms with van der Waals surface area (Å²) in [4.78, 5) is 65.7. The Bertz CT molecular complexity index is 1840. The van der Waals surface area contributed by atoms with Crippen molar-refractivity contribution in [3.8, 4) is 23.3 Å². The minimum Gasteiger partial charge on any atom is -0.465 e. The largest absolute Gasteiger partial charge is 0.465 e. The van der Waals surface area contributed by atoms with Gasteiger partial charge in [0.2, 0.25) is 11.8 Å². The first-order chi connectivity index (χ1) is 24.3. The van der Waals surface area contributed by atoms with Gasteiger partial charge in [0.05, 0.1) is 25.3 Å². The number of aryl methyl sites for hydroxylation is 2. The van der Waals surface area contributed by atoms with Crippen molar-refractivity contribution in [2.75, 3.05) is 24.9 Å². The second kappa shape index (κ2) is 17.1. The number of imide groups is 1. The molecule has 2 heterocycles. The zero-order valence-electron chi connectivity index (χ0n) is 30.7. The van der Waals surface area contributed by atoms with Gasteiger partial charge in [-0.25, -0.2) is 29.1 Å². The summed E-state index contributed by atoms with van der Waals surface area (Å²) in [5.41, 5.74) is 4.69. The number of carbonyl (C=O) groups excluding carboxylic acids is 4. The Balaban J connectivity index is 0.000000323. The maximum atomic E-state index is 12.9. The summed E-state index contributed by atoms with van der Waals surface area (Å²) in [7, 11) is 2.62. The van der Waals surface area contributed by atoms with Crippen molar-refractivity contribution < 1.29 is 47.6 Å². The molecular formula is C36H42N6O10. The Hall–Kier alpha value is -6.32. The Morgan fingerprint density at radius 1 is 0.596 bits per heavy atom. The van der Waals surface area contributed by atoms with Crippen LogP contribution < -0.4 is 20.1 Å². The van der Waals surface area contributed by atoms with E-state index in [1.54, 1.807) is 91.8 Å². The lowest BCUT2D eigenvalue weighted by atomic mass is 10.2. The van der Waals surface area contributed by atoms with Crippen molar-refractivity contribution in [1.29, 1.82) is 0 Å². The summed E-state index contributed by atoms with van der Waals surface area (Å²) < 4.78 is 31.3. The lowest BCUT2D eigenvalue weighted by Crippen LogP contribution is -2.44. The molecule has 0 aliphatic heterocycles. The first kappa shape index (κ1) is 40.1. The van der Waals surface area contributed by atoms with Crippen molar-refractivity contribution in [1.82, 2.24) is 19.9 Å². The highest BCUT2D eigenvalue weighted by Crippen LogP contribution is 2.27. The van der Waals surface area contributed by atoms with Crippen LogP contribution in [0, 0.1) is 13.8 Å². The quantitative estimate of drug-likeness (QED) is 0.151. The molecular weight excluding hydrogens is 676 g/mol. The molecule has 16 nitrogen and oxygen atoms in total. The molecule has 2 aromatic heterocycles. The third-order valence-electron chi connectivity index (χ3n) is 6.01. The van der Waals surface area contributed by atoms with Gasteiger partial charge in [-0.1, -0.05) is 0 Å². The van der Waals surface area contributed by atoms with Crippen molar-refractivity contribution in [2.45, 2.75) is 66.6 Å². The number of benzene rings is 2. The molecule has 16 heteroatoms. The Morgan fingerprint density at radius 2 is 0.981 bits per heavy atom. The fourth-order valence-electron chi connectivity index (χ4n) is 3.98. The van der Waals surface area contributed by atoms with Gasteiger partial charge in [-0.05, 0) is 104 Å². The molecule has 0 radical (unpaired) electrons. The van der Waals surface area contributed by atoms with E-state index in [2.05, 4.69) is 29.4 Å². The number of carbonyl (C=O) groups is 4. The molecule has 4 aromatic rings. The first-order valence-corrected chi connectivity index (χ1v) is 15.7. The van der Waals surface area contributed by atoms with E-state index in [0.29, 0.717) is 45.0 Å². The molecule has 2 amide bonds. The van der Waals surface area contributed by atoms with E-state index in [1.165, 1.54) is 38.5 Å². The number of nitrogens with zero attached hydrogens (tertiary/aromatic N) is 5. The summed E-state index contributed by atoms with van der Waals surface area (Å²) in [6, 6.07) is 15.5. The summed E-state index contributed by atoms with van der Waals surface area (Å²) in [6.45, 7) is 13.4. The minimum absolute atomic E-state index is 0.0698. The highest BCUT2D eigenvalue weighted by Gasteiger charge is 2.34. The second-order valence-electron chi connectivity index (χ2n) is 12.8. The summed E-state index contributed by atoms with van der Waals surface area (Å²) in [5, 5.41) is 0. The minimum atomic E-state index is -0.955. The molecule has 0 saturated heterocycles. The fraction of sp³-hybridized carbons (Fsp3) is 0.333. The number of aromatic nitrogens is 4. The predicted octanol–water partition coefficient (Wildman–Crippen LogP) is 6.99. The van der Waals surface area contributed by atoms with E-state index >= 15 is 0 Å². The number of hydrogen-bond acceptors (Lipinski definition) is 15. The van der Waals surface area contributed by atoms with E-state index in [-0.39, 0.29) is 17.5 Å². The lowest BCUT2D eigenvalue weighted by molar-refractivity contribution is 0.0426. The fourth-order valence-corrected chi connectivity index (χ4v) is 3.98. The van der Waals surface area contributed by atoms with E-state index in [1.807, 2.05) is 0 Å². The van der Waals surface area contributed by atoms with E-state index < -0.39 is 35.3 Å². The molecule has 0 bridgehead atoms. The van der Waals surface area contributed by atoms with Crippen LogP contribution in [-0.4, -0.2) is 69.5 Å². The van der Waals surface area contributed by atoms with E-state index in [4.69, 9.17) is 24.7 Å². The van der Waals surface area contributed by atoms with E-state index in [9.17, 15) is 19.2 Å². The van der Waals surface area contributed by atoms with Gasteiger partial charge in [-0.15, -0.1) is 0 Å². The Morgan fingerprint density at radius 3 is 1.35 bits per heavy atom. The van der Waals surface area contributed by atoms with Gasteiger partial charge in [0.25, 0.3) is 0 Å². The van der Waals surface area contributed by atoms with Crippen LogP contribution in [0.5, 0.6) is 23.3 Å². The van der Waals surface area contributed by atoms with Crippen molar-refractivity contribution in [3.05, 3.63) is 83.4 Å². The molecule has 0 aliphatic carbocycles. The van der Waals surface area contributed by atoms with Crippen molar-refractivity contribution in [3.63, 3.8) is 0 Å². The maximum absolute atomic E-state index is 12.9. The molecule has 2 aromatic carbocycles. The van der Waals surface area contributed by atoms with Crippen molar-refractivity contribution in [2.24, 2.45) is 0 Å². The number of hydrogen-bond donors (Lipinski definition) is 1. The van der Waals surface area contributed by atoms with Gasteiger partial charge in [0, 0.05) is 12.1 Å². The summed E-state index contributed by atoms with van der Waals surface area (Å²) >= 11 is 0. The number of rotatable bonds is 7. The number of anilines is 2. The lowest BCUT2D eigenvalue weighted by Gasteiger charge is -2.28. The molecule has 0 spiro atoms. The van der Waals surface area contributed by atoms with E-state index in [0.717, 1.165) is 0 Å². The van der Waals surface area contributed by atoms with Gasteiger partial charge < -0.3 is 34.2 Å². The predicted molar refractivity (Wildman–Crippen MR) is 189 cm³/mol. The molecule has 0 atom stereocenters. The number of nitrogens with two attached hydrogens (primary N) is 1. The molecule has 0 saturated carbocycles. The van der Waals surface area contributed by atoms with Crippen LogP contribution in [0.2, 0.25) is 0 Å². The highest BCUT2D eigenvalue weighted by molar-refractivity contribution is 6.08. The van der Waals surface area contributed by atoms with Gasteiger partial charge in [0.1, 0.15) is 40.2 Å². The van der Waals surface area contributed by atoms with Crippen LogP contribution in [0.4, 0.5) is 21.2 Å². The molecule has 0 fully saturated rings. The zero-order chi connectivity index (χ0) is 38.8. The third-order valence-corrected chi connectivity index (χ3v) is 6.01. The van der Waals surface area contributed by atoms with Crippen molar-refractivity contribution >= 4 is 35.8 Å². The number of amides is 2.